The predicted octanol–water partition coefficient (Wildman–Crippen LogP) is 4.71. The minimum Gasteiger partial charge on any atom is -0.385 e. The Labute approximate surface area is 161 Å². The summed E-state index contributed by atoms with van der Waals surface area (Å²) >= 11 is 0. The number of rotatable bonds is 4. The van der Waals surface area contributed by atoms with Crippen LogP contribution in [0.15, 0.2) is 54.7 Å². The van der Waals surface area contributed by atoms with E-state index in [1.165, 1.54) is 6.07 Å². The number of likely N-dealkylation sites (tertiary alicyclic amines) is 1. The van der Waals surface area contributed by atoms with Gasteiger partial charge in [0.25, 0.3) is 0 Å². The van der Waals surface area contributed by atoms with Gasteiger partial charge in [-0.3, -0.25) is 0 Å². The van der Waals surface area contributed by atoms with Gasteiger partial charge >= 0.3 is 6.18 Å². The molecule has 1 aromatic heterocycles. The van der Waals surface area contributed by atoms with Gasteiger partial charge in [-0.25, -0.2) is 0 Å². The van der Waals surface area contributed by atoms with Crippen molar-refractivity contribution in [2.45, 2.75) is 31.0 Å². The highest BCUT2D eigenvalue weighted by Gasteiger charge is 2.34. The number of alkyl halides is 3. The van der Waals surface area contributed by atoms with E-state index < -0.39 is 17.3 Å². The second-order valence-corrected chi connectivity index (χ2v) is 7.56. The third-order valence-electron chi connectivity index (χ3n) is 5.79. The van der Waals surface area contributed by atoms with Crippen LogP contribution in [0.4, 0.5) is 13.2 Å². The number of H-pyrrole nitrogens is 1. The van der Waals surface area contributed by atoms with Gasteiger partial charge in [0.2, 0.25) is 0 Å². The molecule has 0 unspecified atom stereocenters. The predicted molar refractivity (Wildman–Crippen MR) is 103 cm³/mol. The van der Waals surface area contributed by atoms with Crippen LogP contribution >= 0.6 is 0 Å². The number of hydrogen-bond donors (Lipinski definition) is 2. The molecule has 0 saturated carbocycles. The minimum atomic E-state index is -4.33. The summed E-state index contributed by atoms with van der Waals surface area (Å²) in [5.74, 6) is 0. The van der Waals surface area contributed by atoms with E-state index in [0.717, 1.165) is 48.6 Å². The number of aromatic amines is 1. The smallest absolute Gasteiger partial charge is 0.385 e. The minimum absolute atomic E-state index is 0.516. The summed E-state index contributed by atoms with van der Waals surface area (Å²) in [6.07, 6.45) is -0.410. The molecule has 0 amide bonds. The molecule has 0 radical (unpaired) electrons. The molecule has 1 aliphatic rings. The van der Waals surface area contributed by atoms with E-state index in [1.54, 1.807) is 12.3 Å². The average Bonchev–Trinajstić information content (AvgIpc) is 3.10. The molecule has 4 rings (SSSR count). The Kier molecular flexibility index (Phi) is 4.93. The summed E-state index contributed by atoms with van der Waals surface area (Å²) in [5.41, 5.74) is 1.10. The van der Waals surface area contributed by atoms with Crippen molar-refractivity contribution in [3.05, 3.63) is 71.4 Å². The lowest BCUT2D eigenvalue weighted by atomic mass is 9.84. The molecule has 2 aromatic carbocycles. The Morgan fingerprint density at radius 1 is 1.04 bits per heavy atom. The standard InChI is InChI=1S/C22H23F3N2O/c23-22(24,25)18-6-7-19-16(15-26-20(19)14-18)8-11-27-12-9-21(28,10-13-27)17-4-2-1-3-5-17/h1-7,14-15,26,28H,8-13H2. The van der Waals surface area contributed by atoms with E-state index in [0.29, 0.717) is 18.4 Å². The van der Waals surface area contributed by atoms with Gasteiger partial charge < -0.3 is 15.0 Å². The number of benzene rings is 2. The number of hydrogen-bond acceptors (Lipinski definition) is 2. The molecule has 28 heavy (non-hydrogen) atoms. The van der Waals surface area contributed by atoms with E-state index in [4.69, 9.17) is 0 Å². The van der Waals surface area contributed by atoms with Crippen molar-refractivity contribution in [3.63, 3.8) is 0 Å². The normalized spacial score (nSPS) is 17.9. The molecule has 0 aliphatic carbocycles. The number of aliphatic hydroxyl groups is 1. The molecular formula is C22H23F3N2O. The van der Waals surface area contributed by atoms with Crippen molar-refractivity contribution in [1.29, 1.82) is 0 Å². The maximum Gasteiger partial charge on any atom is 0.416 e. The maximum absolute atomic E-state index is 12.9. The molecule has 2 N–H and O–H groups in total. The molecule has 6 heteroatoms. The van der Waals surface area contributed by atoms with Gasteiger partial charge in [-0.15, -0.1) is 0 Å². The summed E-state index contributed by atoms with van der Waals surface area (Å²) in [7, 11) is 0. The van der Waals surface area contributed by atoms with Crippen molar-refractivity contribution < 1.29 is 18.3 Å². The largest absolute Gasteiger partial charge is 0.416 e. The molecule has 1 fully saturated rings. The zero-order valence-electron chi connectivity index (χ0n) is 15.5. The summed E-state index contributed by atoms with van der Waals surface area (Å²) in [5, 5.41) is 11.8. The summed E-state index contributed by atoms with van der Waals surface area (Å²) in [4.78, 5) is 5.27. The van der Waals surface area contributed by atoms with Crippen molar-refractivity contribution in [2.75, 3.05) is 19.6 Å². The first kappa shape index (κ1) is 19.0. The van der Waals surface area contributed by atoms with Crippen LogP contribution in [-0.4, -0.2) is 34.6 Å². The number of piperidine rings is 1. The Morgan fingerprint density at radius 2 is 1.75 bits per heavy atom. The lowest BCUT2D eigenvalue weighted by molar-refractivity contribution is -0.137. The van der Waals surface area contributed by atoms with Gasteiger partial charge in [0.15, 0.2) is 0 Å². The van der Waals surface area contributed by atoms with Crippen molar-refractivity contribution >= 4 is 10.9 Å². The fourth-order valence-electron chi connectivity index (χ4n) is 4.03. The van der Waals surface area contributed by atoms with Gasteiger partial charge in [-0.1, -0.05) is 36.4 Å². The van der Waals surface area contributed by atoms with Crippen LogP contribution in [0, 0.1) is 0 Å². The van der Waals surface area contributed by atoms with Crippen LogP contribution < -0.4 is 0 Å². The van der Waals surface area contributed by atoms with E-state index in [9.17, 15) is 18.3 Å². The maximum atomic E-state index is 12.9. The van der Waals surface area contributed by atoms with Crippen LogP contribution in [0.1, 0.15) is 29.5 Å². The van der Waals surface area contributed by atoms with Crippen LogP contribution in [0.25, 0.3) is 10.9 Å². The molecule has 0 bridgehead atoms. The van der Waals surface area contributed by atoms with E-state index in [-0.39, 0.29) is 0 Å². The third kappa shape index (κ3) is 3.80. The van der Waals surface area contributed by atoms with Crippen molar-refractivity contribution in [3.8, 4) is 0 Å². The third-order valence-corrected chi connectivity index (χ3v) is 5.79. The van der Waals surface area contributed by atoms with Crippen molar-refractivity contribution in [2.24, 2.45) is 0 Å². The van der Waals surface area contributed by atoms with Gasteiger partial charge in [0.1, 0.15) is 0 Å². The summed E-state index contributed by atoms with van der Waals surface area (Å²) in [6, 6.07) is 13.6. The molecule has 1 aliphatic heterocycles. The zero-order chi connectivity index (χ0) is 19.8. The van der Waals surface area contributed by atoms with E-state index in [1.807, 2.05) is 30.3 Å². The summed E-state index contributed by atoms with van der Waals surface area (Å²) in [6.45, 7) is 2.41. The van der Waals surface area contributed by atoms with E-state index >= 15 is 0 Å². The van der Waals surface area contributed by atoms with Gasteiger partial charge in [0.05, 0.1) is 11.2 Å². The summed E-state index contributed by atoms with van der Waals surface area (Å²) < 4.78 is 38.6. The molecule has 148 valence electrons. The first-order valence-corrected chi connectivity index (χ1v) is 9.53. The molecule has 1 saturated heterocycles. The second kappa shape index (κ2) is 7.26. The second-order valence-electron chi connectivity index (χ2n) is 7.56. The highest BCUT2D eigenvalue weighted by atomic mass is 19.4. The quantitative estimate of drug-likeness (QED) is 0.679. The van der Waals surface area contributed by atoms with Crippen LogP contribution in [0.5, 0.6) is 0 Å². The van der Waals surface area contributed by atoms with Crippen LogP contribution in [0.2, 0.25) is 0 Å². The Morgan fingerprint density at radius 3 is 2.43 bits per heavy atom. The first-order chi connectivity index (χ1) is 13.4. The number of aromatic nitrogens is 1. The highest BCUT2D eigenvalue weighted by molar-refractivity contribution is 5.84. The van der Waals surface area contributed by atoms with E-state index in [2.05, 4.69) is 9.88 Å². The number of halogens is 3. The Balaban J connectivity index is 1.38. The first-order valence-electron chi connectivity index (χ1n) is 9.53. The number of nitrogens with zero attached hydrogens (tertiary/aromatic N) is 1. The lowest BCUT2D eigenvalue weighted by Gasteiger charge is -2.38. The van der Waals surface area contributed by atoms with Gasteiger partial charge in [-0.05, 0) is 42.5 Å². The molecule has 0 spiro atoms. The lowest BCUT2D eigenvalue weighted by Crippen LogP contribution is -2.43. The van der Waals surface area contributed by atoms with Gasteiger partial charge in [-0.2, -0.15) is 13.2 Å². The Hall–Kier alpha value is -2.31. The van der Waals surface area contributed by atoms with Gasteiger partial charge in [0, 0.05) is 36.7 Å². The number of fused-ring (bicyclic) bond motifs is 1. The zero-order valence-corrected chi connectivity index (χ0v) is 15.5. The topological polar surface area (TPSA) is 39.3 Å². The number of nitrogens with one attached hydrogen (secondary N) is 1. The van der Waals surface area contributed by atoms with Crippen LogP contribution in [0.3, 0.4) is 0 Å². The van der Waals surface area contributed by atoms with Crippen molar-refractivity contribution in [1.82, 2.24) is 9.88 Å². The average molecular weight is 388 g/mol. The Bertz CT molecular complexity index is 941. The SMILES string of the molecule is OC1(c2ccccc2)CCN(CCc2c[nH]c3cc(C(F)(F)F)ccc23)CC1. The fourth-order valence-corrected chi connectivity index (χ4v) is 4.03. The fraction of sp³-hybridized carbons (Fsp3) is 0.364. The highest BCUT2D eigenvalue weighted by Crippen LogP contribution is 2.34. The molecular weight excluding hydrogens is 365 g/mol. The molecule has 3 nitrogen and oxygen atoms in total. The van der Waals surface area contributed by atoms with Crippen LogP contribution in [-0.2, 0) is 18.2 Å². The molecule has 2 heterocycles. The monoisotopic (exact) mass is 388 g/mol. The molecule has 0 atom stereocenters. The molecule has 3 aromatic rings.